The van der Waals surface area contributed by atoms with Crippen molar-refractivity contribution in [1.29, 1.82) is 0 Å². The first-order valence-electron chi connectivity index (χ1n) is 6.92. The molecule has 0 bridgehead atoms. The topological polar surface area (TPSA) is 203 Å². The maximum atomic E-state index is 10.5. The summed E-state index contributed by atoms with van der Waals surface area (Å²) in [6, 6.07) is -1.32. The maximum absolute atomic E-state index is 10.5. The SMILES string of the molecule is N[C@H]1[C@H](O[C@@H]([C@H](O)[C@@H](O)C=O)[C@H](O)CO)O[C@H](CO)[C@@H](O)[C@@H]1O. The molecule has 0 aromatic heterocycles. The molecular weight excluding hydrogens is 318 g/mol. The van der Waals surface area contributed by atoms with Crippen LogP contribution in [0.2, 0.25) is 0 Å². The fourth-order valence-corrected chi connectivity index (χ4v) is 2.16. The first kappa shape index (κ1) is 20.3. The number of carbonyl (C=O) groups excluding carboxylic acids is 1. The van der Waals surface area contributed by atoms with E-state index in [4.69, 9.17) is 25.4 Å². The highest BCUT2D eigenvalue weighted by molar-refractivity contribution is 5.56. The van der Waals surface area contributed by atoms with Gasteiger partial charge >= 0.3 is 0 Å². The van der Waals surface area contributed by atoms with E-state index in [0.29, 0.717) is 0 Å². The summed E-state index contributed by atoms with van der Waals surface area (Å²) in [7, 11) is 0. The molecule has 1 saturated heterocycles. The van der Waals surface area contributed by atoms with Crippen molar-refractivity contribution in [3.63, 3.8) is 0 Å². The zero-order valence-electron chi connectivity index (χ0n) is 12.1. The van der Waals surface area contributed by atoms with Gasteiger partial charge in [-0.3, -0.25) is 0 Å². The van der Waals surface area contributed by atoms with E-state index in [1.165, 1.54) is 0 Å². The zero-order chi connectivity index (χ0) is 17.7. The van der Waals surface area contributed by atoms with Gasteiger partial charge in [0, 0.05) is 0 Å². The van der Waals surface area contributed by atoms with Crippen LogP contribution in [0, 0.1) is 0 Å². The van der Waals surface area contributed by atoms with Gasteiger partial charge in [0.2, 0.25) is 0 Å². The molecule has 1 aliphatic heterocycles. The van der Waals surface area contributed by atoms with Crippen LogP contribution in [-0.4, -0.2) is 110 Å². The van der Waals surface area contributed by atoms with Gasteiger partial charge in [-0.25, -0.2) is 0 Å². The van der Waals surface area contributed by atoms with E-state index in [1.54, 1.807) is 0 Å². The molecule has 0 aromatic carbocycles. The molecule has 9 N–H and O–H groups in total. The van der Waals surface area contributed by atoms with Crippen molar-refractivity contribution in [2.45, 2.75) is 55.1 Å². The van der Waals surface area contributed by atoms with Gasteiger partial charge in [0.05, 0.1) is 19.3 Å². The fourth-order valence-electron chi connectivity index (χ4n) is 2.16. The third-order valence-corrected chi connectivity index (χ3v) is 3.61. The van der Waals surface area contributed by atoms with Crippen molar-refractivity contribution in [3.8, 4) is 0 Å². The van der Waals surface area contributed by atoms with E-state index in [0.717, 1.165) is 0 Å². The van der Waals surface area contributed by atoms with Crippen molar-refractivity contribution in [2.75, 3.05) is 13.2 Å². The monoisotopic (exact) mass is 341 g/mol. The number of rotatable bonds is 8. The van der Waals surface area contributed by atoms with Crippen LogP contribution in [-0.2, 0) is 14.3 Å². The second kappa shape index (κ2) is 8.94. The second-order valence-electron chi connectivity index (χ2n) is 5.25. The minimum atomic E-state index is -1.91. The lowest BCUT2D eigenvalue weighted by Gasteiger charge is -2.42. The van der Waals surface area contributed by atoms with Crippen molar-refractivity contribution in [3.05, 3.63) is 0 Å². The van der Waals surface area contributed by atoms with Crippen LogP contribution < -0.4 is 5.73 Å². The highest BCUT2D eigenvalue weighted by atomic mass is 16.7. The van der Waals surface area contributed by atoms with Crippen LogP contribution in [0.15, 0.2) is 0 Å². The molecule has 0 spiro atoms. The number of carbonyl (C=O) groups is 1. The molecular formula is C12H23NO10. The summed E-state index contributed by atoms with van der Waals surface area (Å²) >= 11 is 0. The first-order valence-corrected chi connectivity index (χ1v) is 6.92. The summed E-state index contributed by atoms with van der Waals surface area (Å²) in [4.78, 5) is 10.5. The molecule has 0 aliphatic carbocycles. The predicted octanol–water partition coefficient (Wildman–Crippen LogP) is -5.59. The van der Waals surface area contributed by atoms with Crippen LogP contribution in [0.1, 0.15) is 0 Å². The summed E-state index contributed by atoms with van der Waals surface area (Å²) in [6.07, 6.45) is -13.0. The van der Waals surface area contributed by atoms with E-state index in [1.807, 2.05) is 0 Å². The Morgan fingerprint density at radius 3 is 2.26 bits per heavy atom. The van der Waals surface area contributed by atoms with Gasteiger partial charge in [-0.2, -0.15) is 0 Å². The summed E-state index contributed by atoms with van der Waals surface area (Å²) in [6.45, 7) is -1.54. The number of aliphatic hydroxyl groups excluding tert-OH is 7. The van der Waals surface area contributed by atoms with E-state index in [2.05, 4.69) is 0 Å². The van der Waals surface area contributed by atoms with Crippen LogP contribution in [0.3, 0.4) is 0 Å². The van der Waals surface area contributed by atoms with Gasteiger partial charge in [0.15, 0.2) is 12.6 Å². The Morgan fingerprint density at radius 1 is 1.17 bits per heavy atom. The lowest BCUT2D eigenvalue weighted by Crippen LogP contribution is -2.64. The van der Waals surface area contributed by atoms with Crippen molar-refractivity contribution in [2.24, 2.45) is 5.73 Å². The van der Waals surface area contributed by atoms with Gasteiger partial charge in [0.1, 0.15) is 42.7 Å². The minimum Gasteiger partial charge on any atom is -0.394 e. The van der Waals surface area contributed by atoms with Gasteiger partial charge in [-0.05, 0) is 0 Å². The molecule has 0 radical (unpaired) electrons. The number of aldehydes is 1. The molecule has 1 rings (SSSR count). The highest BCUT2D eigenvalue weighted by Gasteiger charge is 2.45. The van der Waals surface area contributed by atoms with E-state index in [-0.39, 0.29) is 6.29 Å². The smallest absolute Gasteiger partial charge is 0.176 e. The zero-order valence-corrected chi connectivity index (χ0v) is 12.1. The average Bonchev–Trinajstić information content (AvgIpc) is 2.57. The Labute approximate surface area is 131 Å². The molecule has 11 nitrogen and oxygen atoms in total. The van der Waals surface area contributed by atoms with Crippen molar-refractivity contribution >= 4 is 6.29 Å². The van der Waals surface area contributed by atoms with Gasteiger partial charge in [-0.15, -0.1) is 0 Å². The number of nitrogens with two attached hydrogens (primary N) is 1. The highest BCUT2D eigenvalue weighted by Crippen LogP contribution is 2.23. The van der Waals surface area contributed by atoms with Gasteiger partial charge < -0.3 is 55.7 Å². The lowest BCUT2D eigenvalue weighted by atomic mass is 9.97. The quantitative estimate of drug-likeness (QED) is 0.195. The van der Waals surface area contributed by atoms with Crippen molar-refractivity contribution in [1.82, 2.24) is 0 Å². The average molecular weight is 341 g/mol. The lowest BCUT2D eigenvalue weighted by molar-refractivity contribution is -0.297. The van der Waals surface area contributed by atoms with E-state index >= 15 is 0 Å². The third kappa shape index (κ3) is 4.64. The molecule has 1 heterocycles. The molecule has 0 saturated carbocycles. The third-order valence-electron chi connectivity index (χ3n) is 3.61. The molecule has 11 heteroatoms. The first-order chi connectivity index (χ1) is 10.8. The van der Waals surface area contributed by atoms with Crippen LogP contribution in [0.5, 0.6) is 0 Å². The molecule has 1 fully saturated rings. The predicted molar refractivity (Wildman–Crippen MR) is 71.8 cm³/mol. The summed E-state index contributed by atoms with van der Waals surface area (Å²) < 4.78 is 10.3. The molecule has 0 aromatic rings. The molecule has 136 valence electrons. The maximum Gasteiger partial charge on any atom is 0.176 e. The number of ether oxygens (including phenoxy) is 2. The molecule has 23 heavy (non-hydrogen) atoms. The Morgan fingerprint density at radius 2 is 1.78 bits per heavy atom. The fraction of sp³-hybridized carbons (Fsp3) is 0.917. The molecule has 9 atom stereocenters. The largest absolute Gasteiger partial charge is 0.394 e. The number of aliphatic hydroxyl groups is 7. The van der Waals surface area contributed by atoms with Crippen LogP contribution in [0.4, 0.5) is 0 Å². The Bertz CT molecular complexity index is 370. The van der Waals surface area contributed by atoms with Crippen LogP contribution >= 0.6 is 0 Å². The number of hydrogen-bond acceptors (Lipinski definition) is 11. The normalized spacial score (nSPS) is 37.0. The van der Waals surface area contributed by atoms with E-state index in [9.17, 15) is 30.3 Å². The molecule has 0 amide bonds. The Hall–Kier alpha value is -0.730. The minimum absolute atomic E-state index is 0.00189. The van der Waals surface area contributed by atoms with E-state index < -0.39 is 68.3 Å². The van der Waals surface area contributed by atoms with Gasteiger partial charge in [0.25, 0.3) is 0 Å². The Balaban J connectivity index is 2.91. The molecule has 0 unspecified atom stereocenters. The van der Waals surface area contributed by atoms with Crippen molar-refractivity contribution < 1.29 is 50.0 Å². The van der Waals surface area contributed by atoms with Crippen LogP contribution in [0.25, 0.3) is 0 Å². The van der Waals surface area contributed by atoms with Gasteiger partial charge in [-0.1, -0.05) is 0 Å². The number of hydrogen-bond donors (Lipinski definition) is 8. The summed E-state index contributed by atoms with van der Waals surface area (Å²) in [5.74, 6) is 0. The summed E-state index contributed by atoms with van der Waals surface area (Å²) in [5.41, 5.74) is 5.63. The summed E-state index contributed by atoms with van der Waals surface area (Å²) in [5, 5.41) is 66.3. The molecule has 1 aliphatic rings. The standard InChI is InChI=1S/C12H23NO10/c13-7-10(21)9(20)6(3-16)22-12(7)23-11(5(18)2-15)8(19)4(17)1-14/h1,4-12,15-21H,2-3,13H2/t4-,5+,6+,7+,8+,9+,10+,11+,12-/m0/s1. The Kier molecular flexibility index (Phi) is 7.89. The second-order valence-corrected chi connectivity index (χ2v) is 5.25.